The minimum atomic E-state index is -0.841. The first-order chi connectivity index (χ1) is 14.0. The predicted molar refractivity (Wildman–Crippen MR) is 115 cm³/mol. The highest BCUT2D eigenvalue weighted by Gasteiger charge is 2.42. The molecule has 2 aliphatic rings. The fourth-order valence-corrected chi connectivity index (χ4v) is 4.43. The molecule has 0 amide bonds. The summed E-state index contributed by atoms with van der Waals surface area (Å²) in [5, 5.41) is 0. The van der Waals surface area contributed by atoms with E-state index in [1.807, 2.05) is 37.4 Å². The Morgan fingerprint density at radius 3 is 2.17 bits per heavy atom. The molecule has 0 saturated carbocycles. The normalized spacial score (nSPS) is 20.9. The lowest BCUT2D eigenvalue weighted by atomic mass is 9.83. The first-order valence-electron chi connectivity index (χ1n) is 10.4. The van der Waals surface area contributed by atoms with Gasteiger partial charge in [0.1, 0.15) is 5.78 Å². The molecule has 0 bridgehead atoms. The molecule has 2 fully saturated rings. The van der Waals surface area contributed by atoms with Crippen LogP contribution in [0.25, 0.3) is 0 Å². The molecule has 0 radical (unpaired) electrons. The Labute approximate surface area is 177 Å². The molecule has 2 aliphatic heterocycles. The molecule has 1 aromatic carbocycles. The number of benzene rings is 1. The fourth-order valence-electron chi connectivity index (χ4n) is 4.03. The summed E-state index contributed by atoms with van der Waals surface area (Å²) < 4.78 is 10.9. The van der Waals surface area contributed by atoms with Crippen molar-refractivity contribution in [3.05, 3.63) is 29.8 Å². The highest BCUT2D eigenvalue weighted by Crippen LogP contribution is 2.28. The van der Waals surface area contributed by atoms with Crippen molar-refractivity contribution >= 4 is 23.3 Å². The first-order valence-corrected chi connectivity index (χ1v) is 11.6. The second-order valence-corrected chi connectivity index (χ2v) is 8.73. The third kappa shape index (κ3) is 5.89. The van der Waals surface area contributed by atoms with E-state index in [0.29, 0.717) is 38.3 Å². The van der Waals surface area contributed by atoms with Crippen LogP contribution in [0.1, 0.15) is 30.1 Å². The van der Waals surface area contributed by atoms with Crippen LogP contribution < -0.4 is 0 Å². The number of carbonyl (C=O) groups excluding carboxylic acids is 2. The number of hydrogen-bond donors (Lipinski definition) is 0. The minimum absolute atomic E-state index is 0.0202. The average molecular weight is 421 g/mol. The van der Waals surface area contributed by atoms with Crippen molar-refractivity contribution in [2.24, 2.45) is 0 Å². The van der Waals surface area contributed by atoms with E-state index < -0.39 is 5.54 Å². The molecule has 0 aromatic heterocycles. The van der Waals surface area contributed by atoms with Crippen LogP contribution in [-0.4, -0.2) is 92.3 Å². The van der Waals surface area contributed by atoms with Crippen molar-refractivity contribution in [2.75, 3.05) is 65.4 Å². The zero-order chi connectivity index (χ0) is 20.7. The summed E-state index contributed by atoms with van der Waals surface area (Å²) in [5.41, 5.74) is -0.176. The summed E-state index contributed by atoms with van der Waals surface area (Å²) in [5.74, 6) is 0.159. The van der Waals surface area contributed by atoms with E-state index in [0.717, 1.165) is 37.7 Å². The second-order valence-electron chi connectivity index (χ2n) is 7.85. The van der Waals surface area contributed by atoms with Gasteiger partial charge in [0.05, 0.1) is 32.0 Å². The molecular formula is C22H32N2O4S. The summed E-state index contributed by atoms with van der Waals surface area (Å²) in [6.45, 7) is 8.38. The van der Waals surface area contributed by atoms with Gasteiger partial charge in [0, 0.05) is 56.0 Å². The molecule has 0 N–H and O–H groups in total. The van der Waals surface area contributed by atoms with Crippen molar-refractivity contribution in [3.63, 3.8) is 0 Å². The summed E-state index contributed by atoms with van der Waals surface area (Å²) in [4.78, 5) is 32.0. The smallest absolute Gasteiger partial charge is 0.183 e. The number of rotatable bonds is 9. The zero-order valence-corrected chi connectivity index (χ0v) is 18.3. The van der Waals surface area contributed by atoms with Gasteiger partial charge in [-0.15, -0.1) is 11.8 Å². The van der Waals surface area contributed by atoms with Gasteiger partial charge >= 0.3 is 0 Å². The predicted octanol–water partition coefficient (Wildman–Crippen LogP) is 2.36. The third-order valence-corrected chi connectivity index (χ3v) is 6.65. The highest BCUT2D eigenvalue weighted by atomic mass is 32.2. The lowest BCUT2D eigenvalue weighted by Gasteiger charge is -2.42. The Kier molecular flexibility index (Phi) is 8.26. The molecule has 1 atom stereocenters. The topological polar surface area (TPSA) is 59.1 Å². The quantitative estimate of drug-likeness (QED) is 0.449. The van der Waals surface area contributed by atoms with E-state index in [9.17, 15) is 9.59 Å². The van der Waals surface area contributed by atoms with Gasteiger partial charge in [-0.3, -0.25) is 19.4 Å². The number of ketones is 2. The van der Waals surface area contributed by atoms with Crippen LogP contribution in [-0.2, 0) is 14.3 Å². The molecule has 3 rings (SSSR count). The second kappa shape index (κ2) is 10.7. The van der Waals surface area contributed by atoms with Crippen LogP contribution in [0, 0.1) is 0 Å². The Balaban J connectivity index is 1.71. The number of nitrogens with zero attached hydrogens (tertiary/aromatic N) is 2. The average Bonchev–Trinajstić information content (AvgIpc) is 2.78. The lowest BCUT2D eigenvalue weighted by Crippen LogP contribution is -2.57. The Bertz CT molecular complexity index is 685. The number of thioether (sulfide) groups is 1. The van der Waals surface area contributed by atoms with Crippen molar-refractivity contribution in [2.45, 2.75) is 30.2 Å². The molecule has 1 unspecified atom stereocenters. The summed E-state index contributed by atoms with van der Waals surface area (Å²) >= 11 is 1.65. The Morgan fingerprint density at radius 1 is 1.00 bits per heavy atom. The van der Waals surface area contributed by atoms with Gasteiger partial charge in [-0.05, 0) is 25.3 Å². The molecule has 2 heterocycles. The van der Waals surface area contributed by atoms with Crippen LogP contribution in [0.4, 0.5) is 0 Å². The molecule has 2 saturated heterocycles. The van der Waals surface area contributed by atoms with Gasteiger partial charge in [0.2, 0.25) is 0 Å². The number of Topliss-reactive ketones (excluding diaryl/α,β-unsaturated/α-hetero) is 2. The van der Waals surface area contributed by atoms with Gasteiger partial charge in [0.25, 0.3) is 0 Å². The third-order valence-electron chi connectivity index (χ3n) is 5.90. The van der Waals surface area contributed by atoms with Crippen LogP contribution in [0.3, 0.4) is 0 Å². The van der Waals surface area contributed by atoms with Gasteiger partial charge < -0.3 is 9.47 Å². The standard InChI is InChI=1S/C22H32N2O4S/c1-22(24-11-15-28-16-12-24,21(26)18-3-5-20(29-2)6-4-18)17-19(25)7-8-23-9-13-27-14-10-23/h3-6H,7-17H2,1-2H3. The number of morpholine rings is 2. The molecule has 160 valence electrons. The maximum Gasteiger partial charge on any atom is 0.183 e. The van der Waals surface area contributed by atoms with Crippen molar-refractivity contribution in [1.82, 2.24) is 9.80 Å². The van der Waals surface area contributed by atoms with Crippen LogP contribution in [0.2, 0.25) is 0 Å². The molecule has 0 spiro atoms. The minimum Gasteiger partial charge on any atom is -0.379 e. The van der Waals surface area contributed by atoms with Crippen molar-refractivity contribution in [1.29, 1.82) is 0 Å². The van der Waals surface area contributed by atoms with Crippen molar-refractivity contribution in [3.8, 4) is 0 Å². The molecule has 1 aromatic rings. The maximum absolute atomic E-state index is 13.5. The fraction of sp³-hybridized carbons (Fsp3) is 0.636. The van der Waals surface area contributed by atoms with E-state index in [1.54, 1.807) is 11.8 Å². The van der Waals surface area contributed by atoms with Crippen LogP contribution in [0.5, 0.6) is 0 Å². The zero-order valence-electron chi connectivity index (χ0n) is 17.5. The Morgan fingerprint density at radius 2 is 1.59 bits per heavy atom. The lowest BCUT2D eigenvalue weighted by molar-refractivity contribution is -0.122. The summed E-state index contributed by atoms with van der Waals surface area (Å²) in [6.07, 6.45) is 2.72. The summed E-state index contributed by atoms with van der Waals surface area (Å²) in [6, 6.07) is 7.70. The van der Waals surface area contributed by atoms with Crippen molar-refractivity contribution < 1.29 is 19.1 Å². The largest absolute Gasteiger partial charge is 0.379 e. The first kappa shape index (κ1) is 22.4. The summed E-state index contributed by atoms with van der Waals surface area (Å²) in [7, 11) is 0. The Hall–Kier alpha value is -1.25. The molecule has 29 heavy (non-hydrogen) atoms. The van der Waals surface area contributed by atoms with Gasteiger partial charge in [0.15, 0.2) is 5.78 Å². The number of hydrogen-bond acceptors (Lipinski definition) is 7. The van der Waals surface area contributed by atoms with E-state index in [4.69, 9.17) is 9.47 Å². The van der Waals surface area contributed by atoms with Gasteiger partial charge in [-0.1, -0.05) is 12.1 Å². The van der Waals surface area contributed by atoms with Crippen LogP contribution in [0.15, 0.2) is 29.2 Å². The molecule has 7 heteroatoms. The van der Waals surface area contributed by atoms with Gasteiger partial charge in [-0.2, -0.15) is 0 Å². The van der Waals surface area contributed by atoms with E-state index in [2.05, 4.69) is 9.80 Å². The molecule has 6 nitrogen and oxygen atoms in total. The van der Waals surface area contributed by atoms with E-state index in [1.165, 1.54) is 0 Å². The monoisotopic (exact) mass is 420 g/mol. The van der Waals surface area contributed by atoms with Crippen LogP contribution >= 0.6 is 11.8 Å². The maximum atomic E-state index is 13.5. The number of carbonyl (C=O) groups is 2. The van der Waals surface area contributed by atoms with E-state index >= 15 is 0 Å². The molecular weight excluding hydrogens is 388 g/mol. The van der Waals surface area contributed by atoms with Gasteiger partial charge in [-0.25, -0.2) is 0 Å². The highest BCUT2D eigenvalue weighted by molar-refractivity contribution is 7.98. The number of ether oxygens (including phenoxy) is 2. The molecule has 0 aliphatic carbocycles. The SMILES string of the molecule is CSc1ccc(C(=O)C(C)(CC(=O)CCN2CCOCC2)N2CCOCC2)cc1. The van der Waals surface area contributed by atoms with E-state index in [-0.39, 0.29) is 18.0 Å².